The third-order valence-corrected chi connectivity index (χ3v) is 4.68. The Balaban J connectivity index is 1.48. The number of likely N-dealkylation sites (tertiary alicyclic amines) is 1. The lowest BCUT2D eigenvalue weighted by Gasteiger charge is -2.17. The molecule has 1 aliphatic rings. The minimum Gasteiger partial charge on any atom is -0.295 e. The molecule has 1 saturated heterocycles. The molecule has 4 rings (SSSR count). The van der Waals surface area contributed by atoms with Gasteiger partial charge in [0.1, 0.15) is 0 Å². The number of aryl methyl sites for hydroxylation is 2. The van der Waals surface area contributed by atoms with Crippen molar-refractivity contribution in [3.8, 4) is 0 Å². The first-order chi connectivity index (χ1) is 11.2. The monoisotopic (exact) mass is 306 g/mol. The molecule has 4 heteroatoms. The highest BCUT2D eigenvalue weighted by molar-refractivity contribution is 5.78. The van der Waals surface area contributed by atoms with Gasteiger partial charge in [-0.3, -0.25) is 14.6 Å². The number of pyridine rings is 1. The van der Waals surface area contributed by atoms with Crippen molar-refractivity contribution in [2.45, 2.75) is 32.9 Å². The summed E-state index contributed by atoms with van der Waals surface area (Å²) >= 11 is 0. The zero-order valence-electron chi connectivity index (χ0n) is 13.7. The smallest absolute Gasteiger partial charge is 0.0705 e. The summed E-state index contributed by atoms with van der Waals surface area (Å²) < 4.78 is 2.20. The highest BCUT2D eigenvalue weighted by Gasteiger charge is 2.25. The Labute approximate surface area is 136 Å². The summed E-state index contributed by atoms with van der Waals surface area (Å²) in [4.78, 5) is 7.28. The van der Waals surface area contributed by atoms with E-state index in [1.807, 2.05) is 6.07 Å². The first-order valence-corrected chi connectivity index (χ1v) is 8.29. The van der Waals surface area contributed by atoms with Crippen LogP contribution >= 0.6 is 0 Å². The van der Waals surface area contributed by atoms with Crippen LogP contribution in [0.25, 0.3) is 10.9 Å². The van der Waals surface area contributed by atoms with Gasteiger partial charge >= 0.3 is 0 Å². The number of hydrogen-bond donors (Lipinski definition) is 0. The number of hydrogen-bond acceptors (Lipinski definition) is 3. The fourth-order valence-electron chi connectivity index (χ4n) is 3.60. The minimum absolute atomic E-state index is 0.490. The number of nitrogens with zero attached hydrogens (tertiary/aromatic N) is 4. The summed E-state index contributed by atoms with van der Waals surface area (Å²) in [5.74, 6) is 0. The quantitative estimate of drug-likeness (QED) is 0.743. The summed E-state index contributed by atoms with van der Waals surface area (Å²) in [5.41, 5.74) is 4.60. The Kier molecular flexibility index (Phi) is 3.62. The molecule has 0 amide bonds. The predicted octanol–water partition coefficient (Wildman–Crippen LogP) is 3.50. The van der Waals surface area contributed by atoms with Crippen molar-refractivity contribution in [1.29, 1.82) is 0 Å². The molecule has 118 valence electrons. The molecule has 23 heavy (non-hydrogen) atoms. The third-order valence-electron chi connectivity index (χ3n) is 4.68. The summed E-state index contributed by atoms with van der Waals surface area (Å²) in [7, 11) is 0. The second kappa shape index (κ2) is 5.78. The number of fused-ring (bicyclic) bond motifs is 1. The average Bonchev–Trinajstić information content (AvgIpc) is 3.13. The van der Waals surface area contributed by atoms with Crippen molar-refractivity contribution in [2.24, 2.45) is 0 Å². The van der Waals surface area contributed by atoms with Gasteiger partial charge in [0, 0.05) is 30.7 Å². The molecule has 0 spiro atoms. The molecule has 3 heterocycles. The molecule has 0 aliphatic carbocycles. The lowest BCUT2D eigenvalue weighted by atomic mass is 10.2. The topological polar surface area (TPSA) is 34.0 Å². The minimum atomic E-state index is 0.490. The van der Waals surface area contributed by atoms with Crippen LogP contribution < -0.4 is 0 Å². The van der Waals surface area contributed by atoms with Crippen LogP contribution in [0.1, 0.15) is 29.5 Å². The first-order valence-electron chi connectivity index (χ1n) is 8.29. The van der Waals surface area contributed by atoms with Crippen LogP contribution in [0.15, 0.2) is 42.5 Å². The zero-order chi connectivity index (χ0) is 15.8. The van der Waals surface area contributed by atoms with E-state index in [9.17, 15) is 0 Å². The van der Waals surface area contributed by atoms with Crippen LogP contribution in [0.3, 0.4) is 0 Å². The number of para-hydroxylation sites is 1. The second-order valence-electron chi connectivity index (χ2n) is 6.54. The van der Waals surface area contributed by atoms with Gasteiger partial charge in [0.05, 0.1) is 22.9 Å². The fraction of sp³-hybridized carbons (Fsp3) is 0.368. The SMILES string of the molecule is Cc1cc(C)n([C@@H]2CCN(Cc3ccc4ccccc4n3)C2)n1. The molecule has 1 aliphatic heterocycles. The van der Waals surface area contributed by atoms with E-state index in [4.69, 9.17) is 4.98 Å². The van der Waals surface area contributed by atoms with Crippen molar-refractivity contribution in [1.82, 2.24) is 19.7 Å². The molecule has 0 bridgehead atoms. The van der Waals surface area contributed by atoms with Gasteiger partial charge in [-0.1, -0.05) is 24.3 Å². The largest absolute Gasteiger partial charge is 0.295 e. The van der Waals surface area contributed by atoms with E-state index in [0.717, 1.165) is 43.0 Å². The molecular formula is C19H22N4. The Morgan fingerprint density at radius 2 is 2.00 bits per heavy atom. The van der Waals surface area contributed by atoms with E-state index in [-0.39, 0.29) is 0 Å². The molecule has 1 atom stereocenters. The van der Waals surface area contributed by atoms with Gasteiger partial charge in [0.2, 0.25) is 0 Å². The molecule has 3 aromatic rings. The highest BCUT2D eigenvalue weighted by Crippen LogP contribution is 2.24. The normalized spacial score (nSPS) is 18.8. The lowest BCUT2D eigenvalue weighted by molar-refractivity contribution is 0.307. The van der Waals surface area contributed by atoms with Crippen molar-refractivity contribution in [3.63, 3.8) is 0 Å². The van der Waals surface area contributed by atoms with Gasteiger partial charge in [-0.2, -0.15) is 5.10 Å². The summed E-state index contributed by atoms with van der Waals surface area (Å²) in [6.07, 6.45) is 1.16. The molecule has 4 nitrogen and oxygen atoms in total. The van der Waals surface area contributed by atoms with Gasteiger partial charge in [-0.25, -0.2) is 0 Å². The summed E-state index contributed by atoms with van der Waals surface area (Å²) in [6.45, 7) is 7.29. The maximum absolute atomic E-state index is 4.79. The van der Waals surface area contributed by atoms with Crippen molar-refractivity contribution < 1.29 is 0 Å². The molecule has 0 N–H and O–H groups in total. The van der Waals surface area contributed by atoms with Gasteiger partial charge in [-0.15, -0.1) is 0 Å². The van der Waals surface area contributed by atoms with E-state index in [1.165, 1.54) is 11.1 Å². The van der Waals surface area contributed by atoms with Crippen LogP contribution in [0.4, 0.5) is 0 Å². The number of aromatic nitrogens is 3. The molecular weight excluding hydrogens is 284 g/mol. The summed E-state index contributed by atoms with van der Waals surface area (Å²) in [6, 6.07) is 15.3. The molecule has 1 fully saturated rings. The van der Waals surface area contributed by atoms with Crippen LogP contribution in [0.2, 0.25) is 0 Å². The van der Waals surface area contributed by atoms with Crippen molar-refractivity contribution in [2.75, 3.05) is 13.1 Å². The summed E-state index contributed by atoms with van der Waals surface area (Å²) in [5, 5.41) is 5.86. The van der Waals surface area contributed by atoms with Crippen molar-refractivity contribution in [3.05, 3.63) is 59.5 Å². The van der Waals surface area contributed by atoms with E-state index in [0.29, 0.717) is 6.04 Å². The molecule has 0 unspecified atom stereocenters. The molecule has 0 radical (unpaired) electrons. The van der Waals surface area contributed by atoms with Gasteiger partial charge in [0.25, 0.3) is 0 Å². The van der Waals surface area contributed by atoms with Crippen LogP contribution in [0.5, 0.6) is 0 Å². The Morgan fingerprint density at radius 3 is 2.83 bits per heavy atom. The van der Waals surface area contributed by atoms with Gasteiger partial charge < -0.3 is 0 Å². The van der Waals surface area contributed by atoms with Gasteiger partial charge in [-0.05, 0) is 38.5 Å². The maximum Gasteiger partial charge on any atom is 0.0705 e. The predicted molar refractivity (Wildman–Crippen MR) is 92.4 cm³/mol. The standard InChI is InChI=1S/C19H22N4/c1-14-11-15(2)23(21-14)18-9-10-22(13-18)12-17-8-7-16-5-3-4-6-19(16)20-17/h3-8,11,18H,9-10,12-13H2,1-2H3/t18-/m1/s1. The Hall–Kier alpha value is -2.20. The third kappa shape index (κ3) is 2.86. The van der Waals surface area contributed by atoms with Gasteiger partial charge in [0.15, 0.2) is 0 Å². The average molecular weight is 306 g/mol. The zero-order valence-corrected chi connectivity index (χ0v) is 13.7. The highest BCUT2D eigenvalue weighted by atomic mass is 15.3. The van der Waals surface area contributed by atoms with E-state index >= 15 is 0 Å². The maximum atomic E-state index is 4.79. The van der Waals surface area contributed by atoms with Crippen LogP contribution in [-0.2, 0) is 6.54 Å². The van der Waals surface area contributed by atoms with Crippen molar-refractivity contribution >= 4 is 10.9 Å². The number of rotatable bonds is 3. The van der Waals surface area contributed by atoms with E-state index < -0.39 is 0 Å². The van der Waals surface area contributed by atoms with E-state index in [2.05, 4.69) is 64.9 Å². The molecule has 0 saturated carbocycles. The lowest BCUT2D eigenvalue weighted by Crippen LogP contribution is -2.22. The Morgan fingerprint density at radius 1 is 1.13 bits per heavy atom. The fourth-order valence-corrected chi connectivity index (χ4v) is 3.60. The molecule has 2 aromatic heterocycles. The van der Waals surface area contributed by atoms with Crippen LogP contribution in [-0.4, -0.2) is 32.8 Å². The van der Waals surface area contributed by atoms with E-state index in [1.54, 1.807) is 0 Å². The molecule has 1 aromatic carbocycles. The van der Waals surface area contributed by atoms with Crippen LogP contribution in [0, 0.1) is 13.8 Å². The second-order valence-corrected chi connectivity index (χ2v) is 6.54. The first kappa shape index (κ1) is 14.4. The number of benzene rings is 1. The Bertz CT molecular complexity index is 836.